The average Bonchev–Trinajstić information content (AvgIpc) is 2.83. The van der Waals surface area contributed by atoms with Crippen molar-refractivity contribution in [3.8, 4) is 5.75 Å². The number of carbonyl (C=O) groups is 3. The van der Waals surface area contributed by atoms with Crippen molar-refractivity contribution in [2.45, 2.75) is 51.7 Å². The number of thioether (sulfide) groups is 1. The minimum Gasteiger partial charge on any atom is -0.497 e. The predicted octanol–water partition coefficient (Wildman–Crippen LogP) is 1.05. The van der Waals surface area contributed by atoms with Gasteiger partial charge in [0.1, 0.15) is 11.8 Å². The van der Waals surface area contributed by atoms with E-state index < -0.39 is 6.04 Å². The lowest BCUT2D eigenvalue weighted by Crippen LogP contribution is -2.68. The standard InChI is InChI=1S/C24H38N4O4S/c1-16(2)21(23(30)26-15-17-5-7-19(32-3)8-6-17)27-22(29)18-9-12-28(13-10-18)24(31)20(25)11-14-33-4/h5-8,16,18,20-21H,9-15,25H2,1-4H3,(H,26,30)(H,27,29)/p+1. The maximum Gasteiger partial charge on any atom is 0.280 e. The lowest BCUT2D eigenvalue weighted by molar-refractivity contribution is -0.406. The Morgan fingerprint density at radius 3 is 2.36 bits per heavy atom. The van der Waals surface area contributed by atoms with E-state index in [-0.39, 0.29) is 35.6 Å². The number of hydrogen-bond acceptors (Lipinski definition) is 5. The quantitative estimate of drug-likeness (QED) is 0.439. The van der Waals surface area contributed by atoms with Crippen molar-refractivity contribution in [2.24, 2.45) is 11.8 Å². The number of rotatable bonds is 11. The maximum atomic E-state index is 12.9. The first-order valence-electron chi connectivity index (χ1n) is 11.6. The molecular weight excluding hydrogens is 440 g/mol. The molecule has 1 aliphatic heterocycles. The Labute approximate surface area is 201 Å². The molecule has 1 heterocycles. The summed E-state index contributed by atoms with van der Waals surface area (Å²) in [5.74, 6) is 1.19. The highest BCUT2D eigenvalue weighted by Crippen LogP contribution is 2.19. The van der Waals surface area contributed by atoms with Crippen molar-refractivity contribution in [3.05, 3.63) is 29.8 Å². The molecule has 0 spiro atoms. The molecule has 8 nitrogen and oxygen atoms in total. The summed E-state index contributed by atoms with van der Waals surface area (Å²) >= 11 is 1.71. The van der Waals surface area contributed by atoms with E-state index >= 15 is 0 Å². The van der Waals surface area contributed by atoms with E-state index in [4.69, 9.17) is 4.74 Å². The molecule has 1 aromatic rings. The van der Waals surface area contributed by atoms with Crippen LogP contribution in [0.5, 0.6) is 5.75 Å². The highest BCUT2D eigenvalue weighted by molar-refractivity contribution is 7.98. The molecule has 0 saturated carbocycles. The molecule has 5 N–H and O–H groups in total. The lowest BCUT2D eigenvalue weighted by atomic mass is 9.94. The van der Waals surface area contributed by atoms with E-state index in [1.54, 1.807) is 18.9 Å². The number of nitrogens with zero attached hydrogens (tertiary/aromatic N) is 1. The van der Waals surface area contributed by atoms with Gasteiger partial charge in [0, 0.05) is 32.0 Å². The van der Waals surface area contributed by atoms with Crippen LogP contribution in [0, 0.1) is 11.8 Å². The van der Waals surface area contributed by atoms with Gasteiger partial charge in [-0.1, -0.05) is 26.0 Å². The third kappa shape index (κ3) is 8.23. The Balaban J connectivity index is 1.84. The normalized spacial score (nSPS) is 16.2. The monoisotopic (exact) mass is 479 g/mol. The van der Waals surface area contributed by atoms with Crippen LogP contribution >= 0.6 is 11.8 Å². The molecule has 0 aliphatic carbocycles. The molecule has 184 valence electrons. The van der Waals surface area contributed by atoms with Gasteiger partial charge in [-0.05, 0) is 48.5 Å². The van der Waals surface area contributed by atoms with Crippen molar-refractivity contribution in [1.29, 1.82) is 0 Å². The summed E-state index contributed by atoms with van der Waals surface area (Å²) in [5, 5.41) is 5.87. The largest absolute Gasteiger partial charge is 0.497 e. The highest BCUT2D eigenvalue weighted by Gasteiger charge is 2.33. The second-order valence-electron chi connectivity index (χ2n) is 8.87. The smallest absolute Gasteiger partial charge is 0.280 e. The van der Waals surface area contributed by atoms with E-state index in [2.05, 4.69) is 16.4 Å². The van der Waals surface area contributed by atoms with E-state index in [1.807, 2.05) is 49.3 Å². The summed E-state index contributed by atoms with van der Waals surface area (Å²) in [5.41, 5.74) is 4.95. The number of piperidine rings is 1. The molecule has 0 radical (unpaired) electrons. The van der Waals surface area contributed by atoms with E-state index in [9.17, 15) is 14.4 Å². The maximum absolute atomic E-state index is 12.9. The number of amides is 3. The topological polar surface area (TPSA) is 115 Å². The van der Waals surface area contributed by atoms with Gasteiger partial charge in [-0.15, -0.1) is 0 Å². The van der Waals surface area contributed by atoms with E-state index in [0.717, 1.165) is 23.5 Å². The Kier molecular flexibility index (Phi) is 11.0. The van der Waals surface area contributed by atoms with Crippen LogP contribution in [0.15, 0.2) is 24.3 Å². The number of hydrogen-bond donors (Lipinski definition) is 3. The van der Waals surface area contributed by atoms with Gasteiger partial charge >= 0.3 is 0 Å². The molecule has 0 aromatic heterocycles. The van der Waals surface area contributed by atoms with Crippen molar-refractivity contribution < 1.29 is 24.9 Å². The number of quaternary nitrogens is 1. The van der Waals surface area contributed by atoms with Gasteiger partial charge in [-0.2, -0.15) is 11.8 Å². The molecule has 0 bridgehead atoms. The summed E-state index contributed by atoms with van der Waals surface area (Å²) in [4.78, 5) is 40.1. The van der Waals surface area contributed by atoms with Gasteiger partial charge in [-0.25, -0.2) is 0 Å². The Morgan fingerprint density at radius 2 is 1.82 bits per heavy atom. The fourth-order valence-electron chi connectivity index (χ4n) is 3.85. The number of likely N-dealkylation sites (tertiary alicyclic amines) is 1. The van der Waals surface area contributed by atoms with Crippen LogP contribution in [0.25, 0.3) is 0 Å². The van der Waals surface area contributed by atoms with E-state index in [1.165, 1.54) is 0 Å². The zero-order valence-corrected chi connectivity index (χ0v) is 21.1. The number of carbonyl (C=O) groups excluding carboxylic acids is 3. The van der Waals surface area contributed by atoms with Gasteiger partial charge in [0.25, 0.3) is 5.91 Å². The molecule has 2 atom stereocenters. The SMILES string of the molecule is COc1ccc(CNC(=O)C(NC(=O)C2CCN(C(=O)C([NH3+])CCSC)CC2)C(C)C)cc1. The van der Waals surface area contributed by atoms with E-state index in [0.29, 0.717) is 32.5 Å². The summed E-state index contributed by atoms with van der Waals surface area (Å²) in [6.45, 7) is 5.33. The highest BCUT2D eigenvalue weighted by atomic mass is 32.2. The van der Waals surface area contributed by atoms with Crippen molar-refractivity contribution in [1.82, 2.24) is 15.5 Å². The number of nitrogens with one attached hydrogen (secondary N) is 2. The Hall–Kier alpha value is -2.26. The number of ether oxygens (including phenoxy) is 1. The molecule has 33 heavy (non-hydrogen) atoms. The predicted molar refractivity (Wildman–Crippen MR) is 131 cm³/mol. The van der Waals surface area contributed by atoms with Crippen LogP contribution in [-0.4, -0.2) is 66.9 Å². The molecule has 1 fully saturated rings. The minimum atomic E-state index is -0.605. The van der Waals surface area contributed by atoms with Crippen LogP contribution in [0.2, 0.25) is 0 Å². The Bertz CT molecular complexity index is 779. The third-order valence-electron chi connectivity index (χ3n) is 6.07. The number of methoxy groups -OCH3 is 1. The summed E-state index contributed by atoms with van der Waals surface area (Å²) < 4.78 is 5.15. The van der Waals surface area contributed by atoms with Gasteiger partial charge < -0.3 is 26.0 Å². The summed E-state index contributed by atoms with van der Waals surface area (Å²) in [6.07, 6.45) is 3.99. The average molecular weight is 480 g/mol. The second-order valence-corrected chi connectivity index (χ2v) is 9.86. The molecule has 9 heteroatoms. The first-order valence-corrected chi connectivity index (χ1v) is 13.0. The zero-order chi connectivity index (χ0) is 24.4. The van der Waals surface area contributed by atoms with Crippen LogP contribution in [0.4, 0.5) is 0 Å². The van der Waals surface area contributed by atoms with Crippen molar-refractivity contribution in [2.75, 3.05) is 32.2 Å². The molecule has 2 rings (SSSR count). The van der Waals surface area contributed by atoms with Gasteiger partial charge in [0.05, 0.1) is 7.11 Å². The molecular formula is C24H39N4O4S+. The van der Waals surface area contributed by atoms with Crippen molar-refractivity contribution >= 4 is 29.5 Å². The van der Waals surface area contributed by atoms with Crippen molar-refractivity contribution in [3.63, 3.8) is 0 Å². The summed E-state index contributed by atoms with van der Waals surface area (Å²) in [7, 11) is 1.61. The molecule has 2 unspecified atom stereocenters. The zero-order valence-electron chi connectivity index (χ0n) is 20.3. The van der Waals surface area contributed by atoms with Gasteiger partial charge in [0.2, 0.25) is 11.8 Å². The number of benzene rings is 1. The van der Waals surface area contributed by atoms with Crippen LogP contribution < -0.4 is 21.1 Å². The van der Waals surface area contributed by atoms with Crippen LogP contribution in [0.1, 0.15) is 38.7 Å². The first-order chi connectivity index (χ1) is 15.8. The Morgan fingerprint density at radius 1 is 1.18 bits per heavy atom. The molecule has 1 aliphatic rings. The van der Waals surface area contributed by atoms with Gasteiger partial charge in [-0.3, -0.25) is 14.4 Å². The van der Waals surface area contributed by atoms with Crippen LogP contribution in [0.3, 0.4) is 0 Å². The van der Waals surface area contributed by atoms with Gasteiger partial charge in [0.15, 0.2) is 6.04 Å². The fourth-order valence-corrected chi connectivity index (χ4v) is 4.37. The summed E-state index contributed by atoms with van der Waals surface area (Å²) in [6, 6.07) is 6.65. The lowest BCUT2D eigenvalue weighted by Gasteiger charge is -2.33. The minimum absolute atomic E-state index is 0.0464. The third-order valence-corrected chi connectivity index (χ3v) is 6.71. The molecule has 1 saturated heterocycles. The first kappa shape index (κ1) is 27.0. The molecule has 3 amide bonds. The van der Waals surface area contributed by atoms with Crippen LogP contribution in [-0.2, 0) is 20.9 Å². The fraction of sp³-hybridized carbons (Fsp3) is 0.625. The molecule has 1 aromatic carbocycles. The second kappa shape index (κ2) is 13.4.